The molecule has 1 saturated heterocycles. The van der Waals surface area contributed by atoms with E-state index in [2.05, 4.69) is 5.32 Å². The summed E-state index contributed by atoms with van der Waals surface area (Å²) in [5.41, 5.74) is 1.75. The molecule has 0 aliphatic carbocycles. The van der Waals surface area contributed by atoms with Crippen LogP contribution in [-0.4, -0.2) is 39.6 Å². The number of amides is 3. The number of oxazole rings is 1. The average molecular weight is 423 g/mol. The number of para-hydroxylation sites is 2. The van der Waals surface area contributed by atoms with Crippen molar-refractivity contribution in [3.63, 3.8) is 0 Å². The number of carbonyl (C=O) groups excluding carboxylic acids is 3. The van der Waals surface area contributed by atoms with Crippen LogP contribution in [0.1, 0.15) is 5.56 Å². The largest absolute Gasteiger partial charge is 0.420 e. The summed E-state index contributed by atoms with van der Waals surface area (Å²) in [4.78, 5) is 50.3. The summed E-state index contributed by atoms with van der Waals surface area (Å²) in [5.74, 6) is -1.43. The average Bonchev–Trinajstić information content (AvgIpc) is 3.19. The number of carbonyl (C=O) groups is 3. The van der Waals surface area contributed by atoms with Crippen LogP contribution in [0.5, 0.6) is 0 Å². The van der Waals surface area contributed by atoms with Gasteiger partial charge < -0.3 is 9.73 Å². The van der Waals surface area contributed by atoms with Gasteiger partial charge in [0.25, 0.3) is 11.1 Å². The van der Waals surface area contributed by atoms with Gasteiger partial charge in [0.05, 0.1) is 10.4 Å². The highest BCUT2D eigenvalue weighted by atomic mass is 32.2. The number of nitrogens with one attached hydrogen (secondary N) is 1. The maximum Gasteiger partial charge on any atom is 0.420 e. The SMILES string of the molecule is O=C(Cn1c(=O)oc2ccccc21)NCCN1C(=O)S/C(=C\c2ccccc2)C1=O. The number of thioether (sulfide) groups is 1. The van der Waals surface area contributed by atoms with Crippen LogP contribution in [0.2, 0.25) is 0 Å². The Morgan fingerprint density at radius 3 is 2.57 bits per heavy atom. The van der Waals surface area contributed by atoms with Crippen LogP contribution in [0.25, 0.3) is 17.2 Å². The van der Waals surface area contributed by atoms with Gasteiger partial charge >= 0.3 is 5.76 Å². The van der Waals surface area contributed by atoms with Crippen LogP contribution >= 0.6 is 11.8 Å². The number of fused-ring (bicyclic) bond motifs is 1. The van der Waals surface area contributed by atoms with Gasteiger partial charge in [0.2, 0.25) is 5.91 Å². The molecule has 2 heterocycles. The summed E-state index contributed by atoms with van der Waals surface area (Å²) in [6.07, 6.45) is 1.67. The molecule has 0 unspecified atom stereocenters. The normalized spacial score (nSPS) is 15.3. The summed E-state index contributed by atoms with van der Waals surface area (Å²) in [5, 5.41) is 2.25. The Morgan fingerprint density at radius 2 is 1.77 bits per heavy atom. The molecule has 1 N–H and O–H groups in total. The molecule has 3 amide bonds. The Morgan fingerprint density at radius 1 is 1.03 bits per heavy atom. The number of hydrogen-bond acceptors (Lipinski definition) is 6. The first-order chi connectivity index (χ1) is 14.5. The molecule has 1 fully saturated rings. The fourth-order valence-corrected chi connectivity index (χ4v) is 3.93. The predicted molar refractivity (Wildman–Crippen MR) is 113 cm³/mol. The number of benzene rings is 2. The van der Waals surface area contributed by atoms with Crippen molar-refractivity contribution in [3.05, 3.63) is 75.6 Å². The molecule has 4 rings (SSSR count). The quantitative estimate of drug-likeness (QED) is 0.611. The van der Waals surface area contributed by atoms with E-state index in [1.54, 1.807) is 30.3 Å². The number of nitrogens with zero attached hydrogens (tertiary/aromatic N) is 2. The lowest BCUT2D eigenvalue weighted by atomic mass is 10.2. The number of aromatic nitrogens is 1. The van der Waals surface area contributed by atoms with E-state index in [1.807, 2.05) is 30.3 Å². The third kappa shape index (κ3) is 4.06. The minimum Gasteiger partial charge on any atom is -0.408 e. The minimum atomic E-state index is -0.622. The van der Waals surface area contributed by atoms with Crippen molar-refractivity contribution < 1.29 is 18.8 Å². The van der Waals surface area contributed by atoms with Crippen LogP contribution in [0.4, 0.5) is 4.79 Å². The Labute approximate surface area is 175 Å². The Balaban J connectivity index is 1.35. The van der Waals surface area contributed by atoms with E-state index >= 15 is 0 Å². The molecule has 1 aromatic heterocycles. The zero-order valence-electron chi connectivity index (χ0n) is 15.7. The van der Waals surface area contributed by atoms with Crippen molar-refractivity contribution in [2.75, 3.05) is 13.1 Å². The molecule has 9 heteroatoms. The van der Waals surface area contributed by atoms with Crippen LogP contribution in [0.15, 0.2) is 68.7 Å². The van der Waals surface area contributed by atoms with E-state index < -0.39 is 11.7 Å². The molecular weight excluding hydrogens is 406 g/mol. The molecule has 0 atom stereocenters. The lowest BCUT2D eigenvalue weighted by Crippen LogP contribution is -2.39. The maximum atomic E-state index is 12.5. The van der Waals surface area contributed by atoms with Gasteiger partial charge in [-0.2, -0.15) is 0 Å². The van der Waals surface area contributed by atoms with Crippen molar-refractivity contribution in [3.8, 4) is 0 Å². The lowest BCUT2D eigenvalue weighted by molar-refractivity contribution is -0.124. The highest BCUT2D eigenvalue weighted by molar-refractivity contribution is 8.18. The van der Waals surface area contributed by atoms with Crippen molar-refractivity contribution >= 4 is 46.0 Å². The Hall–Kier alpha value is -3.59. The molecule has 3 aromatic rings. The van der Waals surface area contributed by atoms with Crippen molar-refractivity contribution in [2.24, 2.45) is 0 Å². The highest BCUT2D eigenvalue weighted by Crippen LogP contribution is 2.31. The number of imide groups is 1. The molecule has 1 aliphatic heterocycles. The second kappa shape index (κ2) is 8.42. The zero-order chi connectivity index (χ0) is 21.1. The van der Waals surface area contributed by atoms with Gasteiger partial charge in [-0.3, -0.25) is 23.9 Å². The first-order valence-electron chi connectivity index (χ1n) is 9.18. The van der Waals surface area contributed by atoms with E-state index in [0.717, 1.165) is 22.2 Å². The summed E-state index contributed by atoms with van der Waals surface area (Å²) in [6.45, 7) is -0.0881. The fraction of sp³-hybridized carbons (Fsp3) is 0.143. The molecule has 152 valence electrons. The lowest BCUT2D eigenvalue weighted by Gasteiger charge is -2.13. The summed E-state index contributed by atoms with van der Waals surface area (Å²) in [6, 6.07) is 16.1. The van der Waals surface area contributed by atoms with E-state index in [1.165, 1.54) is 4.57 Å². The molecule has 1 aliphatic rings. The van der Waals surface area contributed by atoms with Gasteiger partial charge in [-0.15, -0.1) is 0 Å². The molecule has 0 bridgehead atoms. The third-order valence-corrected chi connectivity index (χ3v) is 5.41. The third-order valence-electron chi connectivity index (χ3n) is 4.50. The topological polar surface area (TPSA) is 102 Å². The van der Waals surface area contributed by atoms with Crippen molar-refractivity contribution in [1.29, 1.82) is 0 Å². The summed E-state index contributed by atoms with van der Waals surface area (Å²) >= 11 is 0.871. The first kappa shape index (κ1) is 19.7. The Bertz CT molecular complexity index is 1210. The van der Waals surface area contributed by atoms with Crippen molar-refractivity contribution in [1.82, 2.24) is 14.8 Å². The van der Waals surface area contributed by atoms with E-state index in [9.17, 15) is 19.2 Å². The molecule has 8 nitrogen and oxygen atoms in total. The van der Waals surface area contributed by atoms with Crippen LogP contribution in [0, 0.1) is 0 Å². The van der Waals surface area contributed by atoms with Crippen molar-refractivity contribution in [2.45, 2.75) is 6.54 Å². The van der Waals surface area contributed by atoms with Gasteiger partial charge in [0.1, 0.15) is 6.54 Å². The van der Waals surface area contributed by atoms with Crippen LogP contribution < -0.4 is 11.1 Å². The zero-order valence-corrected chi connectivity index (χ0v) is 16.6. The Kier molecular flexibility index (Phi) is 5.53. The van der Waals surface area contributed by atoms with Gasteiger partial charge in [-0.25, -0.2) is 4.79 Å². The molecule has 30 heavy (non-hydrogen) atoms. The molecule has 0 saturated carbocycles. The molecule has 2 aromatic carbocycles. The fourth-order valence-electron chi connectivity index (χ4n) is 3.06. The van der Waals surface area contributed by atoms with Gasteiger partial charge in [0.15, 0.2) is 5.58 Å². The predicted octanol–water partition coefficient (Wildman–Crippen LogP) is 2.45. The number of rotatable bonds is 6. The number of hydrogen-bond donors (Lipinski definition) is 1. The van der Waals surface area contributed by atoms with E-state index in [-0.39, 0.29) is 30.8 Å². The standard InChI is InChI=1S/C21H17N3O5S/c25-18(13-24-15-8-4-5-9-16(15)29-20(24)27)22-10-11-23-19(26)17(30-21(23)28)12-14-6-2-1-3-7-14/h1-9,12H,10-11,13H2,(H,22,25)/b17-12-. The van der Waals surface area contributed by atoms with Gasteiger partial charge in [-0.05, 0) is 35.5 Å². The molecule has 0 radical (unpaired) electrons. The van der Waals surface area contributed by atoms with E-state index in [4.69, 9.17) is 4.42 Å². The van der Waals surface area contributed by atoms with E-state index in [0.29, 0.717) is 16.0 Å². The maximum absolute atomic E-state index is 12.5. The second-order valence-corrected chi connectivity index (χ2v) is 7.51. The minimum absolute atomic E-state index is 0.0452. The summed E-state index contributed by atoms with van der Waals surface area (Å²) in [7, 11) is 0. The van der Waals surface area contributed by atoms with Gasteiger partial charge in [0, 0.05) is 13.1 Å². The van der Waals surface area contributed by atoms with Crippen LogP contribution in [-0.2, 0) is 16.1 Å². The van der Waals surface area contributed by atoms with Gasteiger partial charge in [-0.1, -0.05) is 42.5 Å². The second-order valence-electron chi connectivity index (χ2n) is 6.52. The summed E-state index contributed by atoms with van der Waals surface area (Å²) < 4.78 is 6.32. The first-order valence-corrected chi connectivity index (χ1v) is 10.00. The molecular formula is C21H17N3O5S. The highest BCUT2D eigenvalue weighted by Gasteiger charge is 2.34. The van der Waals surface area contributed by atoms with Crippen LogP contribution in [0.3, 0.4) is 0 Å². The smallest absolute Gasteiger partial charge is 0.408 e. The molecule has 0 spiro atoms. The monoisotopic (exact) mass is 423 g/mol.